The highest BCUT2D eigenvalue weighted by Crippen LogP contribution is 2.16. The summed E-state index contributed by atoms with van der Waals surface area (Å²) >= 11 is 0. The van der Waals surface area contributed by atoms with Gasteiger partial charge in [-0.1, -0.05) is 85.7 Å². The second-order valence-corrected chi connectivity index (χ2v) is 26.3. The molecule has 0 aliphatic carbocycles. The van der Waals surface area contributed by atoms with Crippen LogP contribution in [-0.2, 0) is 59.2 Å². The number of hydrogen-bond donors (Lipinski definition) is 19. The van der Waals surface area contributed by atoms with Crippen LogP contribution in [0.25, 0.3) is 0 Å². The number of nitrogens with two attached hydrogens (primary N) is 9. The summed E-state index contributed by atoms with van der Waals surface area (Å²) in [5.74, 6) is -9.62. The maximum absolute atomic E-state index is 14.6. The van der Waals surface area contributed by atoms with Crippen LogP contribution < -0.4 is 105 Å². The fourth-order valence-electron chi connectivity index (χ4n) is 10.3. The van der Waals surface area contributed by atoms with Gasteiger partial charge in [-0.05, 0) is 159 Å². The van der Waals surface area contributed by atoms with Gasteiger partial charge in [-0.2, -0.15) is 0 Å². The molecule has 0 spiro atoms. The van der Waals surface area contributed by atoms with Crippen LogP contribution in [0.1, 0.15) is 171 Å². The number of carbonyl (C=O) groups excluding carboxylic acids is 11. The van der Waals surface area contributed by atoms with E-state index in [1.807, 2.05) is 41.5 Å². The monoisotopic (exact) mass is 1370 g/mol. The van der Waals surface area contributed by atoms with Crippen LogP contribution in [0.15, 0.2) is 40.3 Å². The highest BCUT2D eigenvalue weighted by molar-refractivity contribution is 5.99. The molecule has 97 heavy (non-hydrogen) atoms. The van der Waals surface area contributed by atoms with E-state index in [-0.39, 0.29) is 126 Å². The molecule has 1 aromatic carbocycles. The molecular formula is C65H119N21O11. The Balaban J connectivity index is 3.63. The molecule has 11 atom stereocenters. The molecule has 11 amide bonds. The first kappa shape index (κ1) is 86.8. The number of unbranched alkanes of at least 4 members (excludes halogenated alkanes) is 3. The summed E-state index contributed by atoms with van der Waals surface area (Å²) in [5, 5.41) is 27.5. The Morgan fingerprint density at radius 3 is 0.918 bits per heavy atom. The predicted octanol–water partition coefficient (Wildman–Crippen LogP) is -2.80. The third-order valence-electron chi connectivity index (χ3n) is 15.5. The van der Waals surface area contributed by atoms with Crippen molar-refractivity contribution in [1.82, 2.24) is 53.2 Å². The second kappa shape index (κ2) is 47.6. The standard InChI is InChI=1S/C65H119N21O11/c1-37(2)33-49(84-62(96)50(34-38(3)4)83-58(92)47(27-20-32-76-65(73)74)79-55(89)43(23-13-16-28-66)77-54(88)41(9)69)60(94)81-45(25-15-18-30-68)59(93)86-52(40(7)8)63(97)85-51(35-39(5)6)61(95)80-44(24-14-17-29-67)56(90)78-46(26-19-31-75-64(71)72)57(91)82-48(53(70)87)36-42-21-11-10-12-22-42/h10-12,21-22,37-41,43-52H,13-20,23-36,66-69H2,1-9H3,(H2,70,87)(H,77,88)(H,78,90)(H,79,89)(H,80,95)(H,81,94)(H,82,91)(H,83,92)(H,84,96)(H,85,97)(H,86,93)(H4,71,72,75)(H4,73,74,76)/t41-,43-,44-,45-,46-,47-,48-,49-,50-,51-,52-/m0/s1. The zero-order valence-electron chi connectivity index (χ0n) is 58.7. The molecule has 0 aromatic heterocycles. The van der Waals surface area contributed by atoms with Gasteiger partial charge in [0.15, 0.2) is 11.9 Å². The number of amides is 11. The van der Waals surface area contributed by atoms with Gasteiger partial charge < -0.3 is 105 Å². The Kier molecular flexibility index (Phi) is 42.6. The fraction of sp³-hybridized carbons (Fsp3) is 0.708. The van der Waals surface area contributed by atoms with Gasteiger partial charge >= 0.3 is 0 Å². The minimum absolute atomic E-state index is 0.00543. The van der Waals surface area contributed by atoms with Crippen molar-refractivity contribution >= 4 is 76.9 Å². The maximum atomic E-state index is 14.6. The van der Waals surface area contributed by atoms with E-state index in [0.717, 1.165) is 0 Å². The molecule has 0 saturated carbocycles. The van der Waals surface area contributed by atoms with Crippen molar-refractivity contribution in [3.63, 3.8) is 0 Å². The number of nitrogens with one attached hydrogen (secondary N) is 10. The normalized spacial score (nSPS) is 14.7. The first-order valence-electron chi connectivity index (χ1n) is 34.1. The van der Waals surface area contributed by atoms with Gasteiger partial charge in [0, 0.05) is 19.5 Å². The lowest BCUT2D eigenvalue weighted by molar-refractivity contribution is -0.137. The number of nitrogens with zero attached hydrogens (tertiary/aromatic N) is 2. The van der Waals surface area contributed by atoms with Gasteiger partial charge in [-0.15, -0.1) is 0 Å². The average molecular weight is 1370 g/mol. The quantitative estimate of drug-likeness (QED) is 0.0178. The van der Waals surface area contributed by atoms with E-state index < -0.39 is 137 Å². The van der Waals surface area contributed by atoms with Crippen LogP contribution in [0.2, 0.25) is 0 Å². The number of rotatable bonds is 50. The minimum atomic E-state index is -1.29. The highest BCUT2D eigenvalue weighted by Gasteiger charge is 2.37. The smallest absolute Gasteiger partial charge is 0.243 e. The van der Waals surface area contributed by atoms with Gasteiger partial charge in [0.25, 0.3) is 0 Å². The predicted molar refractivity (Wildman–Crippen MR) is 374 cm³/mol. The fourth-order valence-corrected chi connectivity index (χ4v) is 10.3. The highest BCUT2D eigenvalue weighted by atomic mass is 16.2. The third kappa shape index (κ3) is 36.6. The Labute approximate surface area is 572 Å². The van der Waals surface area contributed by atoms with Crippen molar-refractivity contribution < 1.29 is 52.7 Å². The van der Waals surface area contributed by atoms with E-state index in [4.69, 9.17) is 51.6 Å². The summed E-state index contributed by atoms with van der Waals surface area (Å²) in [6.45, 7) is 16.8. The van der Waals surface area contributed by atoms with Crippen LogP contribution in [0, 0.1) is 23.7 Å². The Morgan fingerprint density at radius 1 is 0.351 bits per heavy atom. The lowest BCUT2D eigenvalue weighted by atomic mass is 9.98. The molecule has 0 aliphatic heterocycles. The van der Waals surface area contributed by atoms with E-state index in [0.29, 0.717) is 50.6 Å². The average Bonchev–Trinajstić information content (AvgIpc) is 0.901. The van der Waals surface area contributed by atoms with Crippen LogP contribution in [0.4, 0.5) is 0 Å². The molecule has 0 radical (unpaired) electrons. The van der Waals surface area contributed by atoms with Crippen molar-refractivity contribution in [2.24, 2.45) is 85.3 Å². The molecule has 550 valence electrons. The summed E-state index contributed by atoms with van der Waals surface area (Å²) in [6.07, 6.45) is 3.73. The lowest BCUT2D eigenvalue weighted by Crippen LogP contribution is -2.61. The number of primary amides is 1. The molecular weight excluding hydrogens is 1250 g/mol. The molecule has 1 aromatic rings. The van der Waals surface area contributed by atoms with E-state index in [9.17, 15) is 52.7 Å². The van der Waals surface area contributed by atoms with E-state index in [2.05, 4.69) is 63.2 Å². The summed E-state index contributed by atoms with van der Waals surface area (Å²) in [6, 6.07) is -4.44. The Bertz CT molecular complexity index is 2670. The topological polar surface area (TPSA) is 567 Å². The number of aliphatic imine (C=N–C) groups is 2. The van der Waals surface area contributed by atoms with Gasteiger partial charge in [0.05, 0.1) is 6.04 Å². The van der Waals surface area contributed by atoms with E-state index in [1.165, 1.54) is 6.92 Å². The van der Waals surface area contributed by atoms with Gasteiger partial charge in [-0.25, -0.2) is 0 Å². The Morgan fingerprint density at radius 2 is 0.629 bits per heavy atom. The molecule has 28 N–H and O–H groups in total. The van der Waals surface area contributed by atoms with Crippen molar-refractivity contribution in [3.8, 4) is 0 Å². The van der Waals surface area contributed by atoms with Crippen LogP contribution in [-0.4, -0.2) is 176 Å². The molecule has 32 nitrogen and oxygen atoms in total. The number of guanidine groups is 2. The lowest BCUT2D eigenvalue weighted by Gasteiger charge is -2.30. The largest absolute Gasteiger partial charge is 0.370 e. The Hall–Kier alpha value is -8.23. The summed E-state index contributed by atoms with van der Waals surface area (Å²) < 4.78 is 0. The zero-order valence-corrected chi connectivity index (χ0v) is 58.7. The van der Waals surface area contributed by atoms with Crippen molar-refractivity contribution in [2.75, 3.05) is 32.7 Å². The zero-order chi connectivity index (χ0) is 73.3. The number of hydrogen-bond acceptors (Lipinski definition) is 17. The van der Waals surface area contributed by atoms with E-state index >= 15 is 0 Å². The van der Waals surface area contributed by atoms with E-state index in [1.54, 1.807) is 44.2 Å². The molecule has 0 saturated heterocycles. The number of benzene rings is 1. The van der Waals surface area contributed by atoms with Gasteiger partial charge in [-0.3, -0.25) is 62.7 Å². The van der Waals surface area contributed by atoms with Crippen LogP contribution >= 0.6 is 0 Å². The molecule has 0 unspecified atom stereocenters. The van der Waals surface area contributed by atoms with Crippen molar-refractivity contribution in [3.05, 3.63) is 35.9 Å². The van der Waals surface area contributed by atoms with Crippen molar-refractivity contribution in [2.45, 2.75) is 238 Å². The summed E-state index contributed by atoms with van der Waals surface area (Å²) in [5.41, 5.74) is 51.8. The SMILES string of the molecule is CC(C)C[C@H](NC(=O)[C@H](CCCN=C(N)N)NC(=O)[C@H](CCCCN)NC(=O)[C@H](C)N)C(=O)N[C@@H](CC(C)C)C(=O)N[C@@H](CCCCN)C(=O)N[C@H](C(=O)N[C@@H](CC(C)C)C(=O)N[C@@H](CCCCN)C(=O)N[C@@H](CCCN=C(N)N)C(=O)N[C@@H](Cc1ccccc1)C(N)=O)C(C)C. The first-order valence-corrected chi connectivity index (χ1v) is 34.1. The molecule has 32 heteroatoms. The summed E-state index contributed by atoms with van der Waals surface area (Å²) in [4.78, 5) is 163. The maximum Gasteiger partial charge on any atom is 0.243 e. The minimum Gasteiger partial charge on any atom is -0.370 e. The molecule has 0 bridgehead atoms. The molecule has 1 rings (SSSR count). The van der Waals surface area contributed by atoms with Gasteiger partial charge in [0.1, 0.15) is 60.4 Å². The van der Waals surface area contributed by atoms with Crippen molar-refractivity contribution in [1.29, 1.82) is 0 Å². The molecule has 0 heterocycles. The summed E-state index contributed by atoms with van der Waals surface area (Å²) in [7, 11) is 0. The van der Waals surface area contributed by atoms with Gasteiger partial charge in [0.2, 0.25) is 65.0 Å². The third-order valence-corrected chi connectivity index (χ3v) is 15.5. The molecule has 0 aliphatic rings. The number of carbonyl (C=O) groups is 11. The first-order chi connectivity index (χ1) is 45.7. The van der Waals surface area contributed by atoms with Crippen LogP contribution in [0.3, 0.4) is 0 Å². The van der Waals surface area contributed by atoms with Crippen LogP contribution in [0.5, 0.6) is 0 Å². The molecule has 0 fully saturated rings. The second-order valence-electron chi connectivity index (χ2n) is 26.3.